The Morgan fingerprint density at radius 3 is 1.96 bits per heavy atom. The number of aromatic hydroxyl groups is 1. The first kappa shape index (κ1) is 17.3. The summed E-state index contributed by atoms with van der Waals surface area (Å²) in [4.78, 5) is 52.6. The maximum atomic E-state index is 12.8. The van der Waals surface area contributed by atoms with Crippen molar-refractivity contribution in [1.82, 2.24) is 4.98 Å². The normalized spacial score (nSPS) is 13.7. The van der Waals surface area contributed by atoms with Crippen LogP contribution < -0.4 is 0 Å². The molecule has 4 rings (SSSR count). The molecule has 0 bridgehead atoms. The number of phenols is 1. The summed E-state index contributed by atoms with van der Waals surface area (Å²) in [7, 11) is 0. The van der Waals surface area contributed by atoms with Gasteiger partial charge in [-0.1, -0.05) is 18.2 Å². The molecular formula is C20H11NO7. The van der Waals surface area contributed by atoms with Gasteiger partial charge in [-0.2, -0.15) is 0 Å². The number of aromatic nitrogens is 1. The summed E-state index contributed by atoms with van der Waals surface area (Å²) >= 11 is 0. The maximum Gasteiger partial charge on any atom is 0.336 e. The number of fused-ring (bicyclic) bond motifs is 2. The molecule has 0 aliphatic heterocycles. The molecule has 28 heavy (non-hydrogen) atoms. The SMILES string of the molecule is O=C(O)c1cc2c(cc1C(=O)O)C(=O)C(c1ccc3cccc(O)c3n1)C2=O. The average Bonchev–Trinajstić information content (AvgIpc) is 2.91. The van der Waals surface area contributed by atoms with Crippen LogP contribution in [0.2, 0.25) is 0 Å². The first-order valence-electron chi connectivity index (χ1n) is 8.11. The van der Waals surface area contributed by atoms with E-state index in [1.54, 1.807) is 18.2 Å². The number of pyridine rings is 1. The van der Waals surface area contributed by atoms with E-state index in [0.717, 1.165) is 12.1 Å². The number of hydrogen-bond acceptors (Lipinski definition) is 6. The zero-order chi connectivity index (χ0) is 20.2. The van der Waals surface area contributed by atoms with Crippen LogP contribution in [0.1, 0.15) is 53.0 Å². The van der Waals surface area contributed by atoms with E-state index in [9.17, 15) is 34.5 Å². The Bertz CT molecular complexity index is 1180. The lowest BCUT2D eigenvalue weighted by Crippen LogP contribution is -2.14. The lowest BCUT2D eigenvalue weighted by atomic mass is 9.98. The Balaban J connectivity index is 1.88. The van der Waals surface area contributed by atoms with Crippen LogP contribution in [0, 0.1) is 0 Å². The molecule has 0 fully saturated rings. The number of para-hydroxylation sites is 1. The topological polar surface area (TPSA) is 142 Å². The minimum Gasteiger partial charge on any atom is -0.506 e. The summed E-state index contributed by atoms with van der Waals surface area (Å²) in [5.74, 6) is -5.81. The van der Waals surface area contributed by atoms with Crippen molar-refractivity contribution < 1.29 is 34.5 Å². The fourth-order valence-corrected chi connectivity index (χ4v) is 3.37. The Hall–Kier alpha value is -4.07. The van der Waals surface area contributed by atoms with Gasteiger partial charge in [0.2, 0.25) is 0 Å². The maximum absolute atomic E-state index is 12.8. The second-order valence-corrected chi connectivity index (χ2v) is 6.30. The number of Topliss-reactive ketones (excluding diaryl/α,β-unsaturated/α-hetero) is 2. The molecule has 8 heteroatoms. The van der Waals surface area contributed by atoms with Gasteiger partial charge in [-0.3, -0.25) is 9.59 Å². The van der Waals surface area contributed by atoms with E-state index in [2.05, 4.69) is 4.98 Å². The molecule has 3 N–H and O–H groups in total. The molecule has 0 saturated heterocycles. The third-order valence-electron chi connectivity index (χ3n) is 4.69. The van der Waals surface area contributed by atoms with Crippen LogP contribution in [-0.2, 0) is 0 Å². The Labute approximate surface area is 156 Å². The number of phenolic OH excluding ortho intramolecular Hbond substituents is 1. The zero-order valence-electron chi connectivity index (χ0n) is 14.0. The zero-order valence-corrected chi connectivity index (χ0v) is 14.0. The third-order valence-corrected chi connectivity index (χ3v) is 4.69. The number of carboxylic acids is 2. The molecule has 2 aromatic carbocycles. The van der Waals surface area contributed by atoms with Crippen molar-refractivity contribution >= 4 is 34.4 Å². The Morgan fingerprint density at radius 2 is 1.43 bits per heavy atom. The molecular weight excluding hydrogens is 366 g/mol. The molecule has 138 valence electrons. The van der Waals surface area contributed by atoms with Crippen molar-refractivity contribution in [2.24, 2.45) is 0 Å². The minimum atomic E-state index is -1.52. The van der Waals surface area contributed by atoms with Crippen LogP contribution in [0.15, 0.2) is 42.5 Å². The molecule has 8 nitrogen and oxygen atoms in total. The molecule has 1 aliphatic rings. The minimum absolute atomic E-state index is 0.0916. The lowest BCUT2D eigenvalue weighted by molar-refractivity contribution is 0.0651. The molecule has 1 heterocycles. The number of hydrogen-bond donors (Lipinski definition) is 3. The van der Waals surface area contributed by atoms with Gasteiger partial charge in [-0.15, -0.1) is 0 Å². The Kier molecular flexibility index (Phi) is 3.71. The van der Waals surface area contributed by atoms with E-state index in [0.29, 0.717) is 5.39 Å². The molecule has 1 aromatic heterocycles. The number of aromatic carboxylic acids is 2. The van der Waals surface area contributed by atoms with Crippen molar-refractivity contribution in [3.8, 4) is 5.75 Å². The number of nitrogens with zero attached hydrogens (tertiary/aromatic N) is 1. The van der Waals surface area contributed by atoms with E-state index in [4.69, 9.17) is 0 Å². The highest BCUT2D eigenvalue weighted by Gasteiger charge is 2.42. The van der Waals surface area contributed by atoms with Crippen LogP contribution in [0.5, 0.6) is 5.75 Å². The number of carboxylic acid groups (broad SMARTS) is 2. The van der Waals surface area contributed by atoms with E-state index >= 15 is 0 Å². The van der Waals surface area contributed by atoms with Gasteiger partial charge >= 0.3 is 11.9 Å². The molecule has 0 amide bonds. The van der Waals surface area contributed by atoms with Gasteiger partial charge in [0.05, 0.1) is 16.8 Å². The van der Waals surface area contributed by atoms with Crippen molar-refractivity contribution in [1.29, 1.82) is 0 Å². The Morgan fingerprint density at radius 1 is 0.857 bits per heavy atom. The van der Waals surface area contributed by atoms with Gasteiger partial charge in [0.15, 0.2) is 11.6 Å². The summed E-state index contributed by atoms with van der Waals surface area (Å²) in [6, 6.07) is 9.67. The summed E-state index contributed by atoms with van der Waals surface area (Å²) in [6.07, 6.45) is 0. The molecule has 0 atom stereocenters. The predicted molar refractivity (Wildman–Crippen MR) is 95.2 cm³/mol. The first-order valence-corrected chi connectivity index (χ1v) is 8.11. The van der Waals surface area contributed by atoms with Crippen LogP contribution in [0.3, 0.4) is 0 Å². The number of ketones is 2. The lowest BCUT2D eigenvalue weighted by Gasteiger charge is -2.08. The molecule has 3 aromatic rings. The first-order chi connectivity index (χ1) is 13.3. The smallest absolute Gasteiger partial charge is 0.336 e. The average molecular weight is 377 g/mol. The van der Waals surface area contributed by atoms with Crippen LogP contribution in [-0.4, -0.2) is 43.8 Å². The largest absolute Gasteiger partial charge is 0.506 e. The highest BCUT2D eigenvalue weighted by atomic mass is 16.4. The quantitative estimate of drug-likeness (QED) is 0.591. The third kappa shape index (κ3) is 2.43. The van der Waals surface area contributed by atoms with Crippen molar-refractivity contribution in [2.45, 2.75) is 5.92 Å². The molecule has 0 spiro atoms. The van der Waals surface area contributed by atoms with Crippen LogP contribution >= 0.6 is 0 Å². The summed E-state index contributed by atoms with van der Waals surface area (Å²) in [5, 5.41) is 29.0. The monoisotopic (exact) mass is 377 g/mol. The molecule has 0 unspecified atom stereocenters. The fraction of sp³-hybridized carbons (Fsp3) is 0.0500. The highest BCUT2D eigenvalue weighted by molar-refractivity contribution is 6.30. The van der Waals surface area contributed by atoms with E-state index in [-0.39, 0.29) is 28.1 Å². The van der Waals surface area contributed by atoms with E-state index in [1.165, 1.54) is 12.1 Å². The summed E-state index contributed by atoms with van der Waals surface area (Å²) in [5.41, 5.74) is -1.15. The van der Waals surface area contributed by atoms with Crippen molar-refractivity contribution in [3.05, 3.63) is 70.4 Å². The second-order valence-electron chi connectivity index (χ2n) is 6.30. The van der Waals surface area contributed by atoms with Gasteiger partial charge in [0.1, 0.15) is 17.2 Å². The van der Waals surface area contributed by atoms with Crippen LogP contribution in [0.4, 0.5) is 0 Å². The number of carbonyl (C=O) groups excluding carboxylic acids is 2. The van der Waals surface area contributed by atoms with Crippen molar-refractivity contribution in [3.63, 3.8) is 0 Å². The van der Waals surface area contributed by atoms with Gasteiger partial charge in [-0.25, -0.2) is 14.6 Å². The van der Waals surface area contributed by atoms with Gasteiger partial charge in [0, 0.05) is 16.5 Å². The standard InChI is InChI=1S/C20H11NO7/c22-14-3-1-2-8-4-5-13(21-16(8)14)15-17(23)9-6-11(19(25)26)12(20(27)28)7-10(9)18(15)24/h1-7,15,22H,(H,25,26)(H,27,28). The number of carbonyl (C=O) groups is 4. The fourth-order valence-electron chi connectivity index (χ4n) is 3.37. The van der Waals surface area contributed by atoms with E-state index in [1.807, 2.05) is 0 Å². The number of rotatable bonds is 3. The van der Waals surface area contributed by atoms with Gasteiger partial charge in [0.25, 0.3) is 0 Å². The van der Waals surface area contributed by atoms with Crippen LogP contribution in [0.25, 0.3) is 10.9 Å². The van der Waals surface area contributed by atoms with E-state index < -0.39 is 40.5 Å². The van der Waals surface area contributed by atoms with Gasteiger partial charge < -0.3 is 15.3 Å². The highest BCUT2D eigenvalue weighted by Crippen LogP contribution is 2.36. The number of benzene rings is 2. The summed E-state index contributed by atoms with van der Waals surface area (Å²) < 4.78 is 0. The predicted octanol–water partition coefficient (Wildman–Crippen LogP) is 2.50. The van der Waals surface area contributed by atoms with Crippen molar-refractivity contribution in [2.75, 3.05) is 0 Å². The van der Waals surface area contributed by atoms with Gasteiger partial charge in [-0.05, 0) is 24.3 Å². The summed E-state index contributed by atoms with van der Waals surface area (Å²) in [6.45, 7) is 0. The molecule has 0 saturated carbocycles. The second kappa shape index (κ2) is 5.98. The molecule has 0 radical (unpaired) electrons. The molecule has 1 aliphatic carbocycles.